The molecule has 0 aliphatic carbocycles. The molecule has 0 spiro atoms. The zero-order valence-corrected chi connectivity index (χ0v) is 17.2. The van der Waals surface area contributed by atoms with Gasteiger partial charge in [0.2, 0.25) is 0 Å². The SMILES string of the molecule is CCCCCCCCCCCCCCCCOC(=O)c1ccccc1ON. The smallest absolute Gasteiger partial charge is 0.342 e. The average molecular weight is 378 g/mol. The van der Waals surface area contributed by atoms with E-state index in [1.807, 2.05) is 0 Å². The number of hydrogen-bond donors (Lipinski definition) is 1. The van der Waals surface area contributed by atoms with Gasteiger partial charge in [-0.25, -0.2) is 4.79 Å². The summed E-state index contributed by atoms with van der Waals surface area (Å²) in [6, 6.07) is 6.86. The topological polar surface area (TPSA) is 61.5 Å². The summed E-state index contributed by atoms with van der Waals surface area (Å²) in [5.41, 5.74) is 0.380. The number of rotatable bonds is 17. The summed E-state index contributed by atoms with van der Waals surface area (Å²) in [7, 11) is 0. The van der Waals surface area contributed by atoms with E-state index in [9.17, 15) is 4.79 Å². The largest absolute Gasteiger partial charge is 0.462 e. The molecule has 0 heterocycles. The minimum atomic E-state index is -0.370. The molecular formula is C23H39NO3. The number of para-hydroxylation sites is 1. The van der Waals surface area contributed by atoms with Gasteiger partial charge in [-0.3, -0.25) is 0 Å². The number of esters is 1. The van der Waals surface area contributed by atoms with Gasteiger partial charge >= 0.3 is 5.97 Å². The van der Waals surface area contributed by atoms with E-state index in [0.29, 0.717) is 17.9 Å². The van der Waals surface area contributed by atoms with E-state index in [-0.39, 0.29) is 5.97 Å². The molecule has 0 fully saturated rings. The lowest BCUT2D eigenvalue weighted by atomic mass is 10.0. The highest BCUT2D eigenvalue weighted by Crippen LogP contribution is 2.18. The van der Waals surface area contributed by atoms with E-state index in [1.165, 1.54) is 77.0 Å². The zero-order valence-electron chi connectivity index (χ0n) is 17.2. The number of nitrogens with two attached hydrogens (primary N) is 1. The van der Waals surface area contributed by atoms with Gasteiger partial charge in [-0.1, -0.05) is 103 Å². The van der Waals surface area contributed by atoms with Gasteiger partial charge in [-0.2, -0.15) is 5.90 Å². The van der Waals surface area contributed by atoms with Crippen LogP contribution in [0.2, 0.25) is 0 Å². The average Bonchev–Trinajstić information content (AvgIpc) is 2.70. The van der Waals surface area contributed by atoms with Gasteiger partial charge in [0, 0.05) is 0 Å². The van der Waals surface area contributed by atoms with E-state index in [1.54, 1.807) is 24.3 Å². The molecule has 4 heteroatoms. The first-order valence-corrected chi connectivity index (χ1v) is 10.9. The Balaban J connectivity index is 1.88. The highest BCUT2D eigenvalue weighted by atomic mass is 16.6. The Morgan fingerprint density at radius 3 is 1.78 bits per heavy atom. The first-order valence-electron chi connectivity index (χ1n) is 10.9. The minimum Gasteiger partial charge on any atom is -0.462 e. The van der Waals surface area contributed by atoms with Crippen molar-refractivity contribution in [3.8, 4) is 5.75 Å². The Hall–Kier alpha value is -1.55. The van der Waals surface area contributed by atoms with Crippen molar-refractivity contribution in [3.63, 3.8) is 0 Å². The maximum absolute atomic E-state index is 12.0. The number of carbonyl (C=O) groups excluding carboxylic acids is 1. The van der Waals surface area contributed by atoms with E-state index in [2.05, 4.69) is 6.92 Å². The summed E-state index contributed by atoms with van der Waals surface area (Å²) < 4.78 is 5.30. The molecule has 1 aromatic rings. The molecule has 0 unspecified atom stereocenters. The van der Waals surface area contributed by atoms with Gasteiger partial charge in [0.05, 0.1) is 6.61 Å². The van der Waals surface area contributed by atoms with Gasteiger partial charge in [-0.15, -0.1) is 0 Å². The van der Waals surface area contributed by atoms with Gasteiger partial charge in [0.1, 0.15) is 5.56 Å². The number of benzene rings is 1. The van der Waals surface area contributed by atoms with Crippen LogP contribution >= 0.6 is 0 Å². The molecule has 0 aliphatic rings. The van der Waals surface area contributed by atoms with E-state index >= 15 is 0 Å². The first kappa shape index (κ1) is 23.5. The Kier molecular flexibility index (Phi) is 14.5. The van der Waals surface area contributed by atoms with E-state index in [4.69, 9.17) is 15.5 Å². The number of unbranched alkanes of at least 4 members (excludes halogenated alkanes) is 13. The second-order valence-corrected chi connectivity index (χ2v) is 7.35. The Bertz CT molecular complexity index is 490. The lowest BCUT2D eigenvalue weighted by Crippen LogP contribution is -2.11. The summed E-state index contributed by atoms with van der Waals surface area (Å²) in [6.07, 6.45) is 18.4. The summed E-state index contributed by atoms with van der Waals surface area (Å²) in [5.74, 6) is 5.15. The summed E-state index contributed by atoms with van der Waals surface area (Å²) in [6.45, 7) is 2.72. The standard InChI is InChI=1S/C23H39NO3/c1-2-3-4-5-6-7-8-9-10-11-12-13-14-17-20-26-23(25)21-18-15-16-19-22(21)27-24/h15-16,18-19H,2-14,17,20,24H2,1H3. The molecule has 154 valence electrons. The molecule has 0 aliphatic heterocycles. The second kappa shape index (κ2) is 16.6. The summed E-state index contributed by atoms with van der Waals surface area (Å²) in [4.78, 5) is 16.7. The fourth-order valence-corrected chi connectivity index (χ4v) is 3.28. The van der Waals surface area contributed by atoms with E-state index in [0.717, 1.165) is 12.8 Å². The lowest BCUT2D eigenvalue weighted by molar-refractivity contribution is 0.0493. The molecule has 1 aromatic carbocycles. The normalized spacial score (nSPS) is 10.7. The molecule has 0 saturated heterocycles. The number of carbonyl (C=O) groups is 1. The van der Waals surface area contributed by atoms with Gasteiger partial charge in [0.25, 0.3) is 0 Å². The second-order valence-electron chi connectivity index (χ2n) is 7.35. The van der Waals surface area contributed by atoms with Gasteiger partial charge < -0.3 is 9.57 Å². The third kappa shape index (κ3) is 11.7. The third-order valence-electron chi connectivity index (χ3n) is 4.96. The number of hydrogen-bond acceptors (Lipinski definition) is 4. The molecule has 1 rings (SSSR count). The lowest BCUT2D eigenvalue weighted by Gasteiger charge is -2.08. The van der Waals surface area contributed by atoms with Crippen LogP contribution in [0.3, 0.4) is 0 Å². The van der Waals surface area contributed by atoms with Crippen LogP contribution in [0.1, 0.15) is 107 Å². The van der Waals surface area contributed by atoms with Crippen LogP contribution < -0.4 is 10.7 Å². The van der Waals surface area contributed by atoms with Crippen molar-refractivity contribution in [2.45, 2.75) is 96.8 Å². The van der Waals surface area contributed by atoms with Crippen molar-refractivity contribution in [2.24, 2.45) is 5.90 Å². The van der Waals surface area contributed by atoms with Gasteiger partial charge in [-0.05, 0) is 18.6 Å². The van der Waals surface area contributed by atoms with Crippen molar-refractivity contribution in [3.05, 3.63) is 29.8 Å². The molecule has 0 saturated carbocycles. The van der Waals surface area contributed by atoms with Crippen LogP contribution in [0, 0.1) is 0 Å². The van der Waals surface area contributed by atoms with Crippen molar-refractivity contribution >= 4 is 5.97 Å². The van der Waals surface area contributed by atoms with Crippen LogP contribution in [0.4, 0.5) is 0 Å². The molecule has 0 atom stereocenters. The van der Waals surface area contributed by atoms with Crippen LogP contribution in [0.25, 0.3) is 0 Å². The molecule has 4 nitrogen and oxygen atoms in total. The molecule has 0 amide bonds. The van der Waals surface area contributed by atoms with Crippen LogP contribution in [0.5, 0.6) is 5.75 Å². The molecular weight excluding hydrogens is 338 g/mol. The molecule has 0 radical (unpaired) electrons. The maximum atomic E-state index is 12.0. The van der Waals surface area contributed by atoms with Gasteiger partial charge in [0.15, 0.2) is 5.75 Å². The summed E-state index contributed by atoms with van der Waals surface area (Å²) >= 11 is 0. The predicted molar refractivity (Wildman–Crippen MR) is 112 cm³/mol. The quantitative estimate of drug-likeness (QED) is 0.189. The first-order chi connectivity index (χ1) is 13.3. The van der Waals surface area contributed by atoms with Crippen LogP contribution in [0.15, 0.2) is 24.3 Å². The fourth-order valence-electron chi connectivity index (χ4n) is 3.28. The Labute approximate surface area is 165 Å². The van der Waals surface area contributed by atoms with Crippen LogP contribution in [-0.4, -0.2) is 12.6 Å². The van der Waals surface area contributed by atoms with E-state index < -0.39 is 0 Å². The highest BCUT2D eigenvalue weighted by Gasteiger charge is 2.12. The predicted octanol–water partition coefficient (Wildman–Crippen LogP) is 6.58. The summed E-state index contributed by atoms with van der Waals surface area (Å²) in [5, 5.41) is 0. The van der Waals surface area contributed by atoms with Crippen molar-refractivity contribution in [1.82, 2.24) is 0 Å². The number of ether oxygens (including phenoxy) is 1. The Morgan fingerprint density at radius 2 is 1.26 bits per heavy atom. The highest BCUT2D eigenvalue weighted by molar-refractivity contribution is 5.92. The molecule has 27 heavy (non-hydrogen) atoms. The van der Waals surface area contributed by atoms with Crippen molar-refractivity contribution in [2.75, 3.05) is 6.61 Å². The Morgan fingerprint density at radius 1 is 0.778 bits per heavy atom. The molecule has 0 aromatic heterocycles. The molecule has 0 bridgehead atoms. The van der Waals surface area contributed by atoms with Crippen molar-refractivity contribution < 1.29 is 14.4 Å². The fraction of sp³-hybridized carbons (Fsp3) is 0.696. The van der Waals surface area contributed by atoms with Crippen molar-refractivity contribution in [1.29, 1.82) is 0 Å². The maximum Gasteiger partial charge on any atom is 0.342 e. The minimum absolute atomic E-state index is 0.350. The monoisotopic (exact) mass is 377 g/mol. The van der Waals surface area contributed by atoms with Crippen LogP contribution in [-0.2, 0) is 4.74 Å². The third-order valence-corrected chi connectivity index (χ3v) is 4.96. The zero-order chi connectivity index (χ0) is 19.6. The molecule has 2 N–H and O–H groups in total.